The van der Waals surface area contributed by atoms with Crippen LogP contribution in [0.25, 0.3) is 0 Å². The van der Waals surface area contributed by atoms with Gasteiger partial charge in [-0.15, -0.1) is 0 Å². The first-order valence-corrected chi connectivity index (χ1v) is 13.5. The molecular formula is C29H34O9. The molecule has 9 heteroatoms. The van der Waals surface area contributed by atoms with Crippen LogP contribution < -0.4 is 0 Å². The summed E-state index contributed by atoms with van der Waals surface area (Å²) in [7, 11) is 0. The van der Waals surface area contributed by atoms with E-state index in [1.807, 2.05) is 26.8 Å². The Hall–Kier alpha value is -2.30. The van der Waals surface area contributed by atoms with E-state index in [0.29, 0.717) is 19.4 Å². The topological polar surface area (TPSA) is 105 Å². The first kappa shape index (κ1) is 24.7. The van der Waals surface area contributed by atoms with Gasteiger partial charge in [0.1, 0.15) is 36.6 Å². The van der Waals surface area contributed by atoms with Gasteiger partial charge in [-0.25, -0.2) is 9.59 Å². The Morgan fingerprint density at radius 1 is 0.974 bits per heavy atom. The number of cyclic esters (lactones) is 1. The van der Waals surface area contributed by atoms with Crippen molar-refractivity contribution < 1.29 is 42.7 Å². The molecule has 0 aromatic carbocycles. The van der Waals surface area contributed by atoms with E-state index in [1.165, 1.54) is 12.2 Å². The SMILES string of the molecule is CC1=C[C@H]2O[C@@H]3C[C@@H]4OC(=O)/C=C/C=C/[C@@H]5O[C@@H](C/C(C)=C/C(=O)OC[C@@]2([C@@H]2O[C@H]12)[C@]4(C)[C@@]31CO1)O[C@H]5C. The van der Waals surface area contributed by atoms with Gasteiger partial charge in [-0.05, 0) is 26.3 Å². The molecule has 38 heavy (non-hydrogen) atoms. The van der Waals surface area contributed by atoms with Gasteiger partial charge < -0.3 is 33.2 Å². The normalized spacial score (nSPS) is 54.2. The Morgan fingerprint density at radius 3 is 2.58 bits per heavy atom. The van der Waals surface area contributed by atoms with Gasteiger partial charge in [0, 0.05) is 25.0 Å². The van der Waals surface area contributed by atoms with E-state index < -0.39 is 40.8 Å². The highest BCUT2D eigenvalue weighted by molar-refractivity contribution is 5.83. The largest absolute Gasteiger partial charge is 0.462 e. The summed E-state index contributed by atoms with van der Waals surface area (Å²) in [5.41, 5.74) is -0.179. The predicted octanol–water partition coefficient (Wildman–Crippen LogP) is 2.69. The lowest BCUT2D eigenvalue weighted by Gasteiger charge is -2.57. The monoisotopic (exact) mass is 526 g/mol. The first-order chi connectivity index (χ1) is 18.2. The number of ether oxygens (including phenoxy) is 7. The van der Waals surface area contributed by atoms with Gasteiger partial charge in [0.15, 0.2) is 6.29 Å². The number of carbonyl (C=O) groups is 2. The van der Waals surface area contributed by atoms with Crippen LogP contribution in [-0.2, 0) is 42.7 Å². The van der Waals surface area contributed by atoms with Crippen molar-refractivity contribution in [2.75, 3.05) is 13.2 Å². The molecule has 5 heterocycles. The Kier molecular flexibility index (Phi) is 5.43. The molecule has 204 valence electrons. The van der Waals surface area contributed by atoms with E-state index in [4.69, 9.17) is 33.2 Å². The molecule has 7 rings (SSSR count). The van der Waals surface area contributed by atoms with Gasteiger partial charge in [0.05, 0.1) is 35.7 Å². The van der Waals surface area contributed by atoms with Crippen molar-refractivity contribution in [3.8, 4) is 0 Å². The standard InChI is InChI=1S/C29H34O9/c1-15-9-23(31)32-13-28-20(11-16(2)25-26(28)38-25)36-21-12-19(27(28,4)29(21)14-33-29)37-22(30)8-6-5-7-18-17(3)34-24(10-15)35-18/h5-9,11,17-21,24-26H,10,12-14H2,1-4H3/b7-5+,8-6+,15-9+/t17-,18-,19-,20+,21+,24-,25+,26+,27+,28+,29+/m0/s1. The predicted molar refractivity (Wildman–Crippen MR) is 132 cm³/mol. The maximum atomic E-state index is 13.1. The summed E-state index contributed by atoms with van der Waals surface area (Å²) in [6, 6.07) is 0. The second-order valence-electron chi connectivity index (χ2n) is 11.9. The van der Waals surface area contributed by atoms with E-state index in [2.05, 4.69) is 13.0 Å². The number of epoxide rings is 2. The van der Waals surface area contributed by atoms with Crippen molar-refractivity contribution in [2.24, 2.45) is 10.8 Å². The van der Waals surface area contributed by atoms with Crippen molar-refractivity contribution in [1.82, 2.24) is 0 Å². The smallest absolute Gasteiger partial charge is 0.331 e. The Balaban J connectivity index is 1.28. The van der Waals surface area contributed by atoms with Gasteiger partial charge >= 0.3 is 11.9 Å². The van der Waals surface area contributed by atoms with Gasteiger partial charge in [-0.1, -0.05) is 36.8 Å². The second kappa shape index (κ2) is 8.35. The summed E-state index contributed by atoms with van der Waals surface area (Å²) >= 11 is 0. The lowest BCUT2D eigenvalue weighted by atomic mass is 9.51. The van der Waals surface area contributed by atoms with Gasteiger partial charge in [0.25, 0.3) is 0 Å². The van der Waals surface area contributed by atoms with Crippen LogP contribution in [0.15, 0.2) is 47.6 Å². The first-order valence-electron chi connectivity index (χ1n) is 13.5. The Labute approximate surface area is 221 Å². The van der Waals surface area contributed by atoms with E-state index in [9.17, 15) is 9.59 Å². The quantitative estimate of drug-likeness (QED) is 0.268. The summed E-state index contributed by atoms with van der Waals surface area (Å²) in [4.78, 5) is 26.1. The van der Waals surface area contributed by atoms with Crippen molar-refractivity contribution in [2.45, 2.75) is 95.2 Å². The van der Waals surface area contributed by atoms with Crippen LogP contribution in [0.1, 0.15) is 40.5 Å². The van der Waals surface area contributed by atoms with Crippen molar-refractivity contribution in [3.63, 3.8) is 0 Å². The van der Waals surface area contributed by atoms with E-state index in [0.717, 1.165) is 11.1 Å². The third kappa shape index (κ3) is 3.35. The van der Waals surface area contributed by atoms with Gasteiger partial charge in [0.2, 0.25) is 0 Å². The number of rotatable bonds is 0. The molecule has 0 unspecified atom stereocenters. The number of hydrogen-bond donors (Lipinski definition) is 0. The molecule has 5 fully saturated rings. The number of carbonyl (C=O) groups excluding carboxylic acids is 2. The fourth-order valence-electron chi connectivity index (χ4n) is 7.73. The minimum Gasteiger partial charge on any atom is -0.462 e. The summed E-state index contributed by atoms with van der Waals surface area (Å²) in [5, 5.41) is 0. The van der Waals surface area contributed by atoms with Crippen molar-refractivity contribution in [3.05, 3.63) is 47.6 Å². The maximum Gasteiger partial charge on any atom is 0.331 e. The molecule has 0 amide bonds. The highest BCUT2D eigenvalue weighted by atomic mass is 16.7. The number of fused-ring (bicyclic) bond motifs is 3. The zero-order valence-corrected chi connectivity index (χ0v) is 22.1. The minimum atomic E-state index is -0.779. The van der Waals surface area contributed by atoms with Crippen molar-refractivity contribution in [1.29, 1.82) is 0 Å². The van der Waals surface area contributed by atoms with Gasteiger partial charge in [-0.3, -0.25) is 0 Å². The highest BCUT2D eigenvalue weighted by Gasteiger charge is 2.87. The molecule has 0 aromatic rings. The van der Waals surface area contributed by atoms with Gasteiger partial charge in [-0.2, -0.15) is 0 Å². The Morgan fingerprint density at radius 2 is 1.79 bits per heavy atom. The molecule has 0 radical (unpaired) electrons. The number of esters is 2. The fraction of sp³-hybridized carbons (Fsp3) is 0.655. The molecule has 0 N–H and O–H groups in total. The van der Waals surface area contributed by atoms with E-state index in [-0.39, 0.29) is 43.2 Å². The maximum absolute atomic E-state index is 13.1. The van der Waals surface area contributed by atoms with Crippen LogP contribution >= 0.6 is 0 Å². The molecule has 4 bridgehead atoms. The molecule has 2 aliphatic carbocycles. The highest BCUT2D eigenvalue weighted by Crippen LogP contribution is 2.74. The van der Waals surface area contributed by atoms with Crippen LogP contribution in [0.3, 0.4) is 0 Å². The van der Waals surface area contributed by atoms with Crippen LogP contribution in [0.5, 0.6) is 0 Å². The number of hydrogen-bond acceptors (Lipinski definition) is 9. The zero-order valence-electron chi connectivity index (χ0n) is 22.1. The fourth-order valence-corrected chi connectivity index (χ4v) is 7.73. The zero-order chi connectivity index (χ0) is 26.4. The van der Waals surface area contributed by atoms with Crippen molar-refractivity contribution >= 4 is 11.9 Å². The summed E-state index contributed by atoms with van der Waals surface area (Å²) in [5.74, 6) is -0.897. The van der Waals surface area contributed by atoms with Crippen LogP contribution in [0.4, 0.5) is 0 Å². The van der Waals surface area contributed by atoms with Crippen LogP contribution in [-0.4, -0.2) is 79.8 Å². The Bertz CT molecular complexity index is 1180. The van der Waals surface area contributed by atoms with E-state index in [1.54, 1.807) is 12.2 Å². The molecule has 0 aromatic heterocycles. The summed E-state index contributed by atoms with van der Waals surface area (Å²) < 4.78 is 43.1. The molecule has 9 nitrogen and oxygen atoms in total. The molecule has 1 saturated carbocycles. The third-order valence-corrected chi connectivity index (χ3v) is 9.92. The second-order valence-corrected chi connectivity index (χ2v) is 11.9. The average Bonchev–Trinajstić information content (AvgIpc) is 3.76. The molecule has 5 aliphatic heterocycles. The lowest BCUT2D eigenvalue weighted by Crippen LogP contribution is -2.69. The minimum absolute atomic E-state index is 0.0573. The molecule has 11 atom stereocenters. The lowest BCUT2D eigenvalue weighted by molar-refractivity contribution is -0.235. The van der Waals surface area contributed by atoms with Crippen LogP contribution in [0.2, 0.25) is 0 Å². The van der Waals surface area contributed by atoms with E-state index >= 15 is 0 Å². The molecular weight excluding hydrogens is 492 g/mol. The molecule has 7 aliphatic rings. The molecule has 4 saturated heterocycles. The average molecular weight is 527 g/mol. The summed E-state index contributed by atoms with van der Waals surface area (Å²) in [6.07, 6.45) is 8.96. The summed E-state index contributed by atoms with van der Waals surface area (Å²) in [6.45, 7) is 8.50. The third-order valence-electron chi connectivity index (χ3n) is 9.92. The van der Waals surface area contributed by atoms with Crippen LogP contribution in [0, 0.1) is 10.8 Å². The molecule has 2 spiro atoms. The number of allylic oxidation sites excluding steroid dienone is 2.